The number of hydrogen-bond donors (Lipinski definition) is 0. The van der Waals surface area contributed by atoms with Gasteiger partial charge in [-0.25, -0.2) is 0 Å². The Hall–Kier alpha value is -2.42. The Morgan fingerprint density at radius 3 is 1.89 bits per heavy atom. The lowest BCUT2D eigenvalue weighted by Gasteiger charge is -2.20. The van der Waals surface area contributed by atoms with Gasteiger partial charge in [-0.3, -0.25) is 14.5 Å². The fourth-order valence-electron chi connectivity index (χ4n) is 2.09. The van der Waals surface area contributed by atoms with Crippen LogP contribution in [0.3, 0.4) is 0 Å². The number of anilines is 1. The second-order valence-corrected chi connectivity index (χ2v) is 4.26. The van der Waals surface area contributed by atoms with Gasteiger partial charge in [-0.1, -0.05) is 48.5 Å². The van der Waals surface area contributed by atoms with E-state index in [1.807, 2.05) is 48.5 Å². The Morgan fingerprint density at radius 1 is 0.789 bits per heavy atom. The molecule has 96 valence electrons. The maximum Gasteiger partial charge on any atom is 0.230 e. The van der Waals surface area contributed by atoms with Crippen LogP contribution in [0.1, 0.15) is 13.8 Å². The van der Waals surface area contributed by atoms with Crippen LogP contribution in [0.5, 0.6) is 0 Å². The quantitative estimate of drug-likeness (QED) is 0.823. The smallest absolute Gasteiger partial charge is 0.230 e. The van der Waals surface area contributed by atoms with E-state index in [9.17, 15) is 9.59 Å². The molecule has 0 N–H and O–H groups in total. The molecule has 3 nitrogen and oxygen atoms in total. The van der Waals surface area contributed by atoms with Crippen molar-refractivity contribution in [3.05, 3.63) is 54.6 Å². The molecule has 0 radical (unpaired) electrons. The first-order valence-electron chi connectivity index (χ1n) is 6.07. The highest BCUT2D eigenvalue weighted by molar-refractivity contribution is 6.15. The minimum Gasteiger partial charge on any atom is -0.274 e. The van der Waals surface area contributed by atoms with Crippen molar-refractivity contribution in [1.29, 1.82) is 0 Å². The van der Waals surface area contributed by atoms with Gasteiger partial charge < -0.3 is 0 Å². The predicted octanol–water partition coefficient (Wildman–Crippen LogP) is 3.25. The minimum absolute atomic E-state index is 0.282. The zero-order chi connectivity index (χ0) is 13.8. The molecule has 0 saturated carbocycles. The highest BCUT2D eigenvalue weighted by Gasteiger charge is 2.19. The molecule has 19 heavy (non-hydrogen) atoms. The molecule has 0 atom stereocenters. The van der Waals surface area contributed by atoms with E-state index < -0.39 is 0 Å². The number of carbonyl (C=O) groups excluding carboxylic acids is 2. The molecule has 0 fully saturated rings. The summed E-state index contributed by atoms with van der Waals surface area (Å²) in [6.07, 6.45) is 0. The molecule has 2 rings (SSSR count). The van der Waals surface area contributed by atoms with Gasteiger partial charge in [0.15, 0.2) is 0 Å². The van der Waals surface area contributed by atoms with Crippen LogP contribution in [-0.4, -0.2) is 11.8 Å². The van der Waals surface area contributed by atoms with Gasteiger partial charge in [-0.05, 0) is 11.6 Å². The van der Waals surface area contributed by atoms with E-state index in [0.29, 0.717) is 5.69 Å². The van der Waals surface area contributed by atoms with Gasteiger partial charge in [0, 0.05) is 19.4 Å². The molecule has 0 aromatic heterocycles. The largest absolute Gasteiger partial charge is 0.274 e. The van der Waals surface area contributed by atoms with Gasteiger partial charge in [0.1, 0.15) is 0 Å². The summed E-state index contributed by atoms with van der Waals surface area (Å²) in [4.78, 5) is 24.5. The standard InChI is InChI=1S/C16H15NO2/c1-12(18)17(13(2)19)16-11-7-6-10-15(16)14-8-4-3-5-9-14/h3-11H,1-2H3. The Labute approximate surface area is 112 Å². The van der Waals surface area contributed by atoms with Crippen LogP contribution in [-0.2, 0) is 9.59 Å². The Bertz CT molecular complexity index is 591. The molecule has 2 amide bonds. The van der Waals surface area contributed by atoms with Crippen LogP contribution in [0.4, 0.5) is 5.69 Å². The molecule has 2 aromatic carbocycles. The highest BCUT2D eigenvalue weighted by Crippen LogP contribution is 2.30. The van der Waals surface area contributed by atoms with E-state index in [2.05, 4.69) is 0 Å². The number of benzene rings is 2. The normalized spacial score (nSPS) is 10.0. The number of para-hydroxylation sites is 1. The topological polar surface area (TPSA) is 37.4 Å². The molecule has 0 heterocycles. The molecule has 0 aliphatic carbocycles. The SMILES string of the molecule is CC(=O)N(C(C)=O)c1ccccc1-c1ccccc1. The zero-order valence-electron chi connectivity index (χ0n) is 11.0. The van der Waals surface area contributed by atoms with E-state index in [1.165, 1.54) is 18.7 Å². The van der Waals surface area contributed by atoms with E-state index in [0.717, 1.165) is 11.1 Å². The fourth-order valence-corrected chi connectivity index (χ4v) is 2.09. The number of hydrogen-bond acceptors (Lipinski definition) is 2. The number of amides is 2. The Balaban J connectivity index is 2.59. The minimum atomic E-state index is -0.282. The van der Waals surface area contributed by atoms with E-state index >= 15 is 0 Å². The third kappa shape index (κ3) is 2.71. The molecule has 0 saturated heterocycles. The molecule has 0 aliphatic rings. The molecule has 0 aliphatic heterocycles. The summed E-state index contributed by atoms with van der Waals surface area (Å²) < 4.78 is 0. The first kappa shape index (κ1) is 13.0. The summed E-state index contributed by atoms with van der Waals surface area (Å²) in [5.41, 5.74) is 2.47. The van der Waals surface area contributed by atoms with Crippen molar-refractivity contribution in [2.24, 2.45) is 0 Å². The summed E-state index contributed by atoms with van der Waals surface area (Å²) in [5.74, 6) is -0.563. The van der Waals surface area contributed by atoms with Crippen molar-refractivity contribution in [2.75, 3.05) is 4.90 Å². The lowest BCUT2D eigenvalue weighted by Crippen LogP contribution is -2.33. The number of carbonyl (C=O) groups is 2. The molecular weight excluding hydrogens is 238 g/mol. The van der Waals surface area contributed by atoms with Crippen LogP contribution in [0.2, 0.25) is 0 Å². The number of imide groups is 1. The summed E-state index contributed by atoms with van der Waals surface area (Å²) in [6, 6.07) is 17.1. The van der Waals surface area contributed by atoms with Gasteiger partial charge in [0.2, 0.25) is 11.8 Å². The molecule has 0 spiro atoms. The average molecular weight is 253 g/mol. The predicted molar refractivity (Wildman–Crippen MR) is 75.7 cm³/mol. The Morgan fingerprint density at radius 2 is 1.32 bits per heavy atom. The fraction of sp³-hybridized carbons (Fsp3) is 0.125. The lowest BCUT2D eigenvalue weighted by atomic mass is 10.0. The van der Waals surface area contributed by atoms with Crippen molar-refractivity contribution < 1.29 is 9.59 Å². The third-order valence-electron chi connectivity index (χ3n) is 2.86. The van der Waals surface area contributed by atoms with Gasteiger partial charge >= 0.3 is 0 Å². The van der Waals surface area contributed by atoms with Crippen molar-refractivity contribution >= 4 is 17.5 Å². The van der Waals surface area contributed by atoms with E-state index in [-0.39, 0.29) is 11.8 Å². The van der Waals surface area contributed by atoms with Gasteiger partial charge in [-0.15, -0.1) is 0 Å². The molecule has 3 heteroatoms. The average Bonchev–Trinajstić information content (AvgIpc) is 2.39. The summed E-state index contributed by atoms with van der Waals surface area (Å²) in [7, 11) is 0. The van der Waals surface area contributed by atoms with Crippen molar-refractivity contribution in [3.8, 4) is 11.1 Å². The summed E-state index contributed by atoms with van der Waals surface area (Å²) in [6.45, 7) is 2.78. The first-order valence-corrected chi connectivity index (χ1v) is 6.07. The summed E-state index contributed by atoms with van der Waals surface area (Å²) >= 11 is 0. The van der Waals surface area contributed by atoms with E-state index in [4.69, 9.17) is 0 Å². The van der Waals surface area contributed by atoms with Crippen molar-refractivity contribution in [1.82, 2.24) is 0 Å². The van der Waals surface area contributed by atoms with Gasteiger partial charge in [-0.2, -0.15) is 0 Å². The summed E-state index contributed by atoms with van der Waals surface area (Å²) in [5, 5.41) is 0. The highest BCUT2D eigenvalue weighted by atomic mass is 16.2. The molecule has 2 aromatic rings. The third-order valence-corrected chi connectivity index (χ3v) is 2.86. The number of nitrogens with zero attached hydrogens (tertiary/aromatic N) is 1. The number of rotatable bonds is 2. The van der Waals surface area contributed by atoms with Crippen LogP contribution >= 0.6 is 0 Å². The maximum atomic E-state index is 11.7. The molecule has 0 bridgehead atoms. The van der Waals surface area contributed by atoms with Crippen molar-refractivity contribution in [3.63, 3.8) is 0 Å². The van der Waals surface area contributed by atoms with Crippen LogP contribution in [0.15, 0.2) is 54.6 Å². The van der Waals surface area contributed by atoms with E-state index in [1.54, 1.807) is 6.07 Å². The second kappa shape index (κ2) is 5.48. The lowest BCUT2D eigenvalue weighted by molar-refractivity contribution is -0.124. The van der Waals surface area contributed by atoms with Crippen LogP contribution in [0.25, 0.3) is 11.1 Å². The van der Waals surface area contributed by atoms with Gasteiger partial charge in [0.25, 0.3) is 0 Å². The maximum absolute atomic E-state index is 11.7. The zero-order valence-corrected chi connectivity index (χ0v) is 11.0. The van der Waals surface area contributed by atoms with Gasteiger partial charge in [0.05, 0.1) is 5.69 Å². The van der Waals surface area contributed by atoms with Crippen molar-refractivity contribution in [2.45, 2.75) is 13.8 Å². The first-order chi connectivity index (χ1) is 9.11. The molecular formula is C16H15NO2. The second-order valence-electron chi connectivity index (χ2n) is 4.26. The van der Waals surface area contributed by atoms with Crippen LogP contribution < -0.4 is 4.90 Å². The monoisotopic (exact) mass is 253 g/mol. The Kier molecular flexibility index (Phi) is 3.76. The molecule has 0 unspecified atom stereocenters. The van der Waals surface area contributed by atoms with Crippen LogP contribution in [0, 0.1) is 0 Å².